The molecule has 0 aliphatic rings. The van der Waals surface area contributed by atoms with Gasteiger partial charge in [-0.1, -0.05) is 44.7 Å². The number of carbonyl (C=O) groups excluding carboxylic acids is 1. The molecule has 12 nitrogen and oxygen atoms in total. The summed E-state index contributed by atoms with van der Waals surface area (Å²) in [4.78, 5) is 60.6. The normalized spacial score (nSPS) is 11.1. The van der Waals surface area contributed by atoms with Crippen molar-refractivity contribution in [2.45, 2.75) is 51.6 Å². The lowest BCUT2D eigenvalue weighted by Gasteiger charge is -2.20. The number of carbonyl (C=O) groups is 3. The molecule has 0 atom stereocenters. The van der Waals surface area contributed by atoms with Gasteiger partial charge < -0.3 is 33.3 Å². The molecule has 0 amide bonds. The summed E-state index contributed by atoms with van der Waals surface area (Å²) in [5, 5.41) is 18.4. The average Bonchev–Trinajstić information content (AvgIpc) is 2.97. The van der Waals surface area contributed by atoms with Crippen molar-refractivity contribution in [3.63, 3.8) is 0 Å². The van der Waals surface area contributed by atoms with Crippen LogP contribution in [-0.2, 0) is 9.53 Å². The molecule has 0 saturated carbocycles. The number of hydrogen-bond donors (Lipinski definition) is 2. The molecule has 0 unspecified atom stereocenters. The van der Waals surface area contributed by atoms with Gasteiger partial charge >= 0.3 is 17.9 Å². The first kappa shape index (κ1) is 30.8. The summed E-state index contributed by atoms with van der Waals surface area (Å²) >= 11 is 0. The zero-order chi connectivity index (χ0) is 30.9. The fraction of sp³-hybridized carbons (Fsp3) is 0.323. The first-order valence-electron chi connectivity index (χ1n) is 13.7. The van der Waals surface area contributed by atoms with Crippen LogP contribution in [0.3, 0.4) is 0 Å². The molecule has 0 saturated heterocycles. The smallest absolute Gasteiger partial charge is 0.371 e. The average molecular weight is 595 g/mol. The summed E-state index contributed by atoms with van der Waals surface area (Å²) in [6.07, 6.45) is 3.82. The van der Waals surface area contributed by atoms with Crippen molar-refractivity contribution in [2.75, 3.05) is 13.2 Å². The summed E-state index contributed by atoms with van der Waals surface area (Å²) in [6.45, 7) is 1.57. The first-order valence-corrected chi connectivity index (χ1v) is 13.7. The lowest BCUT2D eigenvalue weighted by Crippen LogP contribution is -2.31. The number of carboxylic acids is 2. The van der Waals surface area contributed by atoms with Crippen molar-refractivity contribution in [1.29, 1.82) is 0 Å². The van der Waals surface area contributed by atoms with Crippen LogP contribution in [0.1, 0.15) is 66.6 Å². The van der Waals surface area contributed by atoms with E-state index in [-0.39, 0.29) is 53.1 Å². The van der Waals surface area contributed by atoms with Crippen LogP contribution in [0.15, 0.2) is 67.0 Å². The molecular formula is C31H30O12. The number of esters is 1. The van der Waals surface area contributed by atoms with E-state index < -0.39 is 46.4 Å². The number of hydrogen-bond acceptors (Lipinski definition) is 10. The van der Waals surface area contributed by atoms with E-state index in [1.165, 1.54) is 36.4 Å². The van der Waals surface area contributed by atoms with Crippen LogP contribution < -0.4 is 20.3 Å². The van der Waals surface area contributed by atoms with E-state index in [1.54, 1.807) is 0 Å². The van der Waals surface area contributed by atoms with Crippen LogP contribution in [-0.4, -0.2) is 47.4 Å². The van der Waals surface area contributed by atoms with Crippen LogP contribution in [0.5, 0.6) is 11.5 Å². The molecule has 4 rings (SSSR count). The van der Waals surface area contributed by atoms with Gasteiger partial charge in [0.1, 0.15) is 46.7 Å². The van der Waals surface area contributed by atoms with Gasteiger partial charge in [-0.2, -0.15) is 0 Å². The second-order valence-corrected chi connectivity index (χ2v) is 9.72. The predicted octanol–water partition coefficient (Wildman–Crippen LogP) is 5.03. The maximum Gasteiger partial charge on any atom is 0.371 e. The number of carboxylic acid groups (broad SMARTS) is 2. The maximum atomic E-state index is 12.7. The topological polar surface area (TPSA) is 180 Å². The Labute approximate surface area is 244 Å². The number of benzene rings is 2. The highest BCUT2D eigenvalue weighted by molar-refractivity contribution is 5.90. The first-order chi connectivity index (χ1) is 20.7. The molecule has 226 valence electrons. The number of aromatic carboxylic acids is 2. The molecule has 0 fully saturated rings. The molecule has 2 heterocycles. The summed E-state index contributed by atoms with van der Waals surface area (Å²) in [5.74, 6) is -4.17. The number of rotatable bonds is 15. The zero-order valence-electron chi connectivity index (χ0n) is 23.3. The van der Waals surface area contributed by atoms with Gasteiger partial charge in [0.15, 0.2) is 17.0 Å². The molecule has 2 N–H and O–H groups in total. The van der Waals surface area contributed by atoms with Gasteiger partial charge in [-0.3, -0.25) is 14.4 Å². The van der Waals surface area contributed by atoms with Gasteiger partial charge in [0, 0.05) is 18.6 Å². The van der Waals surface area contributed by atoms with Crippen molar-refractivity contribution >= 4 is 39.8 Å². The van der Waals surface area contributed by atoms with E-state index in [2.05, 4.69) is 6.92 Å². The molecule has 0 bridgehead atoms. The molecule has 0 spiro atoms. The minimum atomic E-state index is -1.40. The minimum Gasteiger partial charge on any atom is -0.489 e. The fourth-order valence-corrected chi connectivity index (χ4v) is 4.41. The van der Waals surface area contributed by atoms with Crippen molar-refractivity contribution in [3.05, 3.63) is 80.5 Å². The molecule has 12 heteroatoms. The maximum absolute atomic E-state index is 12.7. The standard InChI is InChI=1S/C31H30O12/c1-2-3-4-5-6-13-27(34)41-18(16-39-21-9-7-11-23-28(21)19(32)14-25(42-23)30(35)36)17-40-22-10-8-12-24-29(22)20(33)15-26(43-24)31(37)38/h7-12,14-15,18H,2-6,13,16-17H2,1H3,(H,35,36)(H,37,38). The van der Waals surface area contributed by atoms with Crippen LogP contribution in [0.25, 0.3) is 21.9 Å². The van der Waals surface area contributed by atoms with Crippen LogP contribution >= 0.6 is 0 Å². The van der Waals surface area contributed by atoms with E-state index in [9.17, 15) is 34.2 Å². The Morgan fingerprint density at radius 3 is 1.70 bits per heavy atom. The number of unbranched alkanes of at least 4 members (excludes halogenated alkanes) is 4. The van der Waals surface area contributed by atoms with Crippen molar-refractivity contribution < 1.29 is 47.6 Å². The van der Waals surface area contributed by atoms with Gasteiger partial charge in [0.2, 0.25) is 11.5 Å². The second kappa shape index (κ2) is 14.2. The van der Waals surface area contributed by atoms with Crippen molar-refractivity contribution in [2.24, 2.45) is 0 Å². The van der Waals surface area contributed by atoms with Gasteiger partial charge in [0.05, 0.1) is 0 Å². The SMILES string of the molecule is CCCCCCCC(=O)OC(COc1cccc2oc(C(=O)O)cc(=O)c12)COc1cccc2oc(C(=O)O)cc(=O)c12. The highest BCUT2D eigenvalue weighted by Crippen LogP contribution is 2.26. The van der Waals surface area contributed by atoms with E-state index in [4.69, 9.17) is 23.0 Å². The summed E-state index contributed by atoms with van der Waals surface area (Å²) in [5.41, 5.74) is -1.26. The largest absolute Gasteiger partial charge is 0.489 e. The lowest BCUT2D eigenvalue weighted by molar-refractivity contribution is -0.152. The molecule has 4 aromatic rings. The molecule has 2 aromatic carbocycles. The highest BCUT2D eigenvalue weighted by Gasteiger charge is 2.21. The van der Waals surface area contributed by atoms with E-state index in [0.29, 0.717) is 6.42 Å². The molecule has 0 aliphatic heterocycles. The van der Waals surface area contributed by atoms with E-state index in [0.717, 1.165) is 37.8 Å². The number of fused-ring (bicyclic) bond motifs is 2. The van der Waals surface area contributed by atoms with Crippen LogP contribution in [0.2, 0.25) is 0 Å². The fourth-order valence-electron chi connectivity index (χ4n) is 4.41. The lowest BCUT2D eigenvalue weighted by atomic mass is 10.1. The second-order valence-electron chi connectivity index (χ2n) is 9.72. The monoisotopic (exact) mass is 594 g/mol. The molecule has 0 radical (unpaired) electrons. The summed E-state index contributed by atoms with van der Waals surface area (Å²) in [6, 6.07) is 10.6. The van der Waals surface area contributed by atoms with Crippen molar-refractivity contribution in [3.8, 4) is 11.5 Å². The Balaban J connectivity index is 1.55. The van der Waals surface area contributed by atoms with E-state index in [1.807, 2.05) is 0 Å². The Morgan fingerprint density at radius 2 is 1.23 bits per heavy atom. The third-order valence-electron chi connectivity index (χ3n) is 6.49. The summed E-state index contributed by atoms with van der Waals surface area (Å²) < 4.78 is 28.0. The molecule has 2 aromatic heterocycles. The third kappa shape index (κ3) is 7.79. The number of ether oxygens (including phenoxy) is 3. The Bertz CT molecular complexity index is 1630. The molecular weight excluding hydrogens is 564 g/mol. The van der Waals surface area contributed by atoms with Crippen molar-refractivity contribution in [1.82, 2.24) is 0 Å². The summed E-state index contributed by atoms with van der Waals surface area (Å²) in [7, 11) is 0. The predicted molar refractivity (Wildman–Crippen MR) is 153 cm³/mol. The van der Waals surface area contributed by atoms with Gasteiger partial charge in [-0.05, 0) is 30.7 Å². The Morgan fingerprint density at radius 1 is 0.744 bits per heavy atom. The quantitative estimate of drug-likeness (QED) is 0.139. The Kier molecular flexibility index (Phi) is 10.2. The third-order valence-corrected chi connectivity index (χ3v) is 6.49. The van der Waals surface area contributed by atoms with Crippen LogP contribution in [0.4, 0.5) is 0 Å². The van der Waals surface area contributed by atoms with E-state index >= 15 is 0 Å². The van der Waals surface area contributed by atoms with Gasteiger partial charge in [-0.25, -0.2) is 9.59 Å². The highest BCUT2D eigenvalue weighted by atomic mass is 16.6. The Hall–Kier alpha value is -5.13. The minimum absolute atomic E-state index is 0.00230. The molecule has 0 aliphatic carbocycles. The van der Waals surface area contributed by atoms with Crippen LogP contribution in [0, 0.1) is 0 Å². The molecule has 43 heavy (non-hydrogen) atoms. The zero-order valence-corrected chi connectivity index (χ0v) is 23.3. The van der Waals surface area contributed by atoms with Gasteiger partial charge in [0.25, 0.3) is 0 Å². The van der Waals surface area contributed by atoms with Gasteiger partial charge in [-0.15, -0.1) is 0 Å².